The Bertz CT molecular complexity index is 168. The maximum Gasteiger partial charge on any atom is 0.224 e. The van der Waals surface area contributed by atoms with Crippen LogP contribution in [0.1, 0.15) is 19.8 Å². The van der Waals surface area contributed by atoms with Crippen LogP contribution in [0.3, 0.4) is 0 Å². The van der Waals surface area contributed by atoms with Crippen molar-refractivity contribution in [2.24, 2.45) is 5.73 Å². The van der Waals surface area contributed by atoms with E-state index < -0.39 is 0 Å². The highest BCUT2D eigenvalue weighted by molar-refractivity contribution is 5.79. The number of carbonyl (C=O) groups excluding carboxylic acids is 1. The van der Waals surface area contributed by atoms with Gasteiger partial charge in [0.25, 0.3) is 0 Å². The van der Waals surface area contributed by atoms with E-state index in [1.807, 2.05) is 6.92 Å². The van der Waals surface area contributed by atoms with E-state index in [4.69, 9.17) is 10.8 Å². The normalized spacial score (nSPS) is 26.4. The zero-order valence-corrected chi connectivity index (χ0v) is 7.36. The molecule has 0 aromatic rings. The monoisotopic (exact) mass is 172 g/mol. The molecule has 1 aliphatic rings. The molecule has 0 aromatic carbocycles. The Balaban J connectivity index is 2.56. The summed E-state index contributed by atoms with van der Waals surface area (Å²) in [6, 6.07) is -0.0795. The van der Waals surface area contributed by atoms with Crippen molar-refractivity contribution >= 4 is 5.91 Å². The first-order valence-corrected chi connectivity index (χ1v) is 4.35. The number of hydrogen-bond acceptors (Lipinski definition) is 3. The number of nitrogens with zero attached hydrogens (tertiary/aromatic N) is 1. The van der Waals surface area contributed by atoms with Crippen molar-refractivity contribution in [1.82, 2.24) is 4.90 Å². The van der Waals surface area contributed by atoms with Crippen molar-refractivity contribution in [2.45, 2.75) is 31.8 Å². The topological polar surface area (TPSA) is 66.6 Å². The zero-order chi connectivity index (χ0) is 9.14. The molecule has 12 heavy (non-hydrogen) atoms. The predicted octanol–water partition coefficient (Wildman–Crippen LogP) is -0.683. The molecular formula is C8H16N2O2. The van der Waals surface area contributed by atoms with E-state index in [0.29, 0.717) is 13.0 Å². The van der Waals surface area contributed by atoms with Crippen LogP contribution in [-0.2, 0) is 4.79 Å². The molecule has 1 unspecified atom stereocenters. The number of nitrogens with two attached hydrogens (primary N) is 1. The van der Waals surface area contributed by atoms with Crippen LogP contribution in [0.25, 0.3) is 0 Å². The van der Waals surface area contributed by atoms with Gasteiger partial charge < -0.3 is 15.7 Å². The molecule has 0 spiro atoms. The Morgan fingerprint density at radius 1 is 1.83 bits per heavy atom. The van der Waals surface area contributed by atoms with Crippen molar-refractivity contribution in [3.05, 3.63) is 0 Å². The quantitative estimate of drug-likeness (QED) is 0.592. The van der Waals surface area contributed by atoms with Gasteiger partial charge in [-0.25, -0.2) is 0 Å². The van der Waals surface area contributed by atoms with E-state index in [1.54, 1.807) is 4.90 Å². The molecule has 4 heteroatoms. The van der Waals surface area contributed by atoms with Gasteiger partial charge in [-0.2, -0.15) is 0 Å². The summed E-state index contributed by atoms with van der Waals surface area (Å²) in [5.74, 6) is 0.0726. The molecular weight excluding hydrogens is 156 g/mol. The highest BCUT2D eigenvalue weighted by Gasteiger charge is 2.30. The van der Waals surface area contributed by atoms with E-state index in [2.05, 4.69) is 0 Å². The van der Waals surface area contributed by atoms with Crippen LogP contribution in [0.5, 0.6) is 0 Å². The van der Waals surface area contributed by atoms with Gasteiger partial charge in [0, 0.05) is 19.0 Å². The SMILES string of the molecule is CC[C@@H](CO)N1CC(N)CC1=O. The Hall–Kier alpha value is -0.610. The Morgan fingerprint density at radius 3 is 2.83 bits per heavy atom. The van der Waals surface area contributed by atoms with Crippen LogP contribution >= 0.6 is 0 Å². The molecule has 2 atom stereocenters. The van der Waals surface area contributed by atoms with Crippen molar-refractivity contribution in [2.75, 3.05) is 13.2 Å². The minimum atomic E-state index is -0.0434. The van der Waals surface area contributed by atoms with Gasteiger partial charge in [0.05, 0.1) is 12.6 Å². The number of aliphatic hydroxyl groups excluding tert-OH is 1. The number of likely N-dealkylation sites (tertiary alicyclic amines) is 1. The van der Waals surface area contributed by atoms with Crippen LogP contribution in [0, 0.1) is 0 Å². The first-order chi connectivity index (χ1) is 5.69. The van der Waals surface area contributed by atoms with Gasteiger partial charge in [-0.1, -0.05) is 6.92 Å². The lowest BCUT2D eigenvalue weighted by Gasteiger charge is -2.24. The van der Waals surface area contributed by atoms with Gasteiger partial charge in [-0.15, -0.1) is 0 Å². The molecule has 0 aromatic heterocycles. The summed E-state index contributed by atoms with van der Waals surface area (Å²) in [6.07, 6.45) is 1.21. The lowest BCUT2D eigenvalue weighted by Crippen LogP contribution is -2.39. The summed E-state index contributed by atoms with van der Waals surface area (Å²) in [5.41, 5.74) is 5.62. The van der Waals surface area contributed by atoms with Gasteiger partial charge in [0.1, 0.15) is 0 Å². The van der Waals surface area contributed by atoms with E-state index in [9.17, 15) is 4.79 Å². The molecule has 0 bridgehead atoms. The van der Waals surface area contributed by atoms with Crippen molar-refractivity contribution in [3.63, 3.8) is 0 Å². The largest absolute Gasteiger partial charge is 0.394 e. The maximum atomic E-state index is 11.3. The zero-order valence-electron chi connectivity index (χ0n) is 7.36. The number of carbonyl (C=O) groups is 1. The fourth-order valence-corrected chi connectivity index (χ4v) is 1.56. The fraction of sp³-hybridized carbons (Fsp3) is 0.875. The van der Waals surface area contributed by atoms with Crippen LogP contribution in [0.2, 0.25) is 0 Å². The lowest BCUT2D eigenvalue weighted by atomic mass is 10.2. The average molecular weight is 172 g/mol. The molecule has 1 fully saturated rings. The third-order valence-corrected chi connectivity index (χ3v) is 2.31. The first-order valence-electron chi connectivity index (χ1n) is 4.35. The smallest absolute Gasteiger partial charge is 0.224 e. The Kier molecular flexibility index (Phi) is 3.05. The summed E-state index contributed by atoms with van der Waals surface area (Å²) < 4.78 is 0. The molecule has 1 aliphatic heterocycles. The molecule has 1 heterocycles. The van der Waals surface area contributed by atoms with Crippen LogP contribution in [0.15, 0.2) is 0 Å². The third-order valence-electron chi connectivity index (χ3n) is 2.31. The number of rotatable bonds is 3. The second-order valence-corrected chi connectivity index (χ2v) is 3.25. The minimum Gasteiger partial charge on any atom is -0.394 e. The van der Waals surface area contributed by atoms with E-state index in [0.717, 1.165) is 6.42 Å². The average Bonchev–Trinajstić information content (AvgIpc) is 2.34. The van der Waals surface area contributed by atoms with Crippen molar-refractivity contribution in [3.8, 4) is 0 Å². The van der Waals surface area contributed by atoms with Crippen LogP contribution < -0.4 is 5.73 Å². The van der Waals surface area contributed by atoms with Gasteiger partial charge in [0.2, 0.25) is 5.91 Å². The van der Waals surface area contributed by atoms with Gasteiger partial charge in [-0.05, 0) is 6.42 Å². The molecule has 0 radical (unpaired) electrons. The number of hydrogen-bond donors (Lipinski definition) is 2. The van der Waals surface area contributed by atoms with Crippen molar-refractivity contribution in [1.29, 1.82) is 0 Å². The first kappa shape index (κ1) is 9.48. The van der Waals surface area contributed by atoms with Crippen LogP contribution in [-0.4, -0.2) is 41.1 Å². The van der Waals surface area contributed by atoms with E-state index in [-0.39, 0.29) is 24.6 Å². The Morgan fingerprint density at radius 2 is 2.50 bits per heavy atom. The fourth-order valence-electron chi connectivity index (χ4n) is 1.56. The molecule has 1 saturated heterocycles. The van der Waals surface area contributed by atoms with E-state index in [1.165, 1.54) is 0 Å². The summed E-state index contributed by atoms with van der Waals surface area (Å²) in [7, 11) is 0. The molecule has 1 amide bonds. The van der Waals surface area contributed by atoms with Gasteiger partial charge in [-0.3, -0.25) is 4.79 Å². The minimum absolute atomic E-state index is 0.0361. The van der Waals surface area contributed by atoms with E-state index >= 15 is 0 Å². The van der Waals surface area contributed by atoms with Crippen LogP contribution in [0.4, 0.5) is 0 Å². The summed E-state index contributed by atoms with van der Waals surface area (Å²) in [6.45, 7) is 2.59. The van der Waals surface area contributed by atoms with Gasteiger partial charge >= 0.3 is 0 Å². The second-order valence-electron chi connectivity index (χ2n) is 3.25. The lowest BCUT2D eigenvalue weighted by molar-refractivity contribution is -0.130. The molecule has 70 valence electrons. The molecule has 1 rings (SSSR count). The molecule has 0 saturated carbocycles. The van der Waals surface area contributed by atoms with Gasteiger partial charge in [0.15, 0.2) is 0 Å². The number of aliphatic hydroxyl groups is 1. The molecule has 4 nitrogen and oxygen atoms in total. The number of amides is 1. The highest BCUT2D eigenvalue weighted by atomic mass is 16.3. The summed E-state index contributed by atoms with van der Waals surface area (Å²) >= 11 is 0. The summed E-state index contributed by atoms with van der Waals surface area (Å²) in [4.78, 5) is 13.0. The maximum absolute atomic E-state index is 11.3. The second kappa shape index (κ2) is 3.87. The standard InChI is InChI=1S/C8H16N2O2/c1-2-7(5-11)10-4-6(9)3-8(10)12/h6-7,11H,2-5,9H2,1H3/t6?,7-/m0/s1. The molecule has 3 N–H and O–H groups in total. The predicted molar refractivity (Wildman–Crippen MR) is 45.5 cm³/mol. The summed E-state index contributed by atoms with van der Waals surface area (Å²) in [5, 5.41) is 8.96. The highest BCUT2D eigenvalue weighted by Crippen LogP contribution is 2.14. The van der Waals surface area contributed by atoms with Crippen molar-refractivity contribution < 1.29 is 9.90 Å². The third kappa shape index (κ3) is 1.76. The Labute approximate surface area is 72.3 Å². The molecule has 0 aliphatic carbocycles.